The summed E-state index contributed by atoms with van der Waals surface area (Å²) in [6.45, 7) is 3.36. The number of benzene rings is 1. The normalized spacial score (nSPS) is 11.8. The molecule has 1 amide bonds. The maximum Gasteiger partial charge on any atom is 0.350 e. The molecule has 2 aromatic rings. The van der Waals surface area contributed by atoms with Crippen LogP contribution in [0.3, 0.4) is 0 Å². The van der Waals surface area contributed by atoms with Crippen LogP contribution in [0.2, 0.25) is 5.02 Å². The Morgan fingerprint density at radius 1 is 1.52 bits per heavy atom. The lowest BCUT2D eigenvalue weighted by atomic mass is 10.2. The number of hydrogen-bond acceptors (Lipinski definition) is 5. The van der Waals surface area contributed by atoms with Crippen LogP contribution >= 0.6 is 11.6 Å². The molecule has 0 spiro atoms. The lowest BCUT2D eigenvalue weighted by molar-refractivity contribution is -0.385. The largest absolute Gasteiger partial charge is 0.475 e. The van der Waals surface area contributed by atoms with Crippen LogP contribution in [0.25, 0.3) is 0 Å². The van der Waals surface area contributed by atoms with Crippen LogP contribution in [0.4, 0.5) is 11.4 Å². The smallest absolute Gasteiger partial charge is 0.350 e. The number of rotatable bonds is 5. The summed E-state index contributed by atoms with van der Waals surface area (Å²) in [6.07, 6.45) is 1.16. The summed E-state index contributed by atoms with van der Waals surface area (Å²) in [5.41, 5.74) is 1.01. The summed E-state index contributed by atoms with van der Waals surface area (Å²) in [6, 6.07) is 4.39. The Bertz CT molecular complexity index is 759. The molecule has 1 atom stereocenters. The molecule has 0 aliphatic heterocycles. The van der Waals surface area contributed by atoms with Crippen molar-refractivity contribution in [2.75, 3.05) is 12.4 Å². The number of halogens is 1. The summed E-state index contributed by atoms with van der Waals surface area (Å²) in [5, 5.41) is 18.1. The number of amides is 1. The summed E-state index contributed by atoms with van der Waals surface area (Å²) >= 11 is 6.01. The van der Waals surface area contributed by atoms with Crippen LogP contribution in [-0.2, 0) is 4.79 Å². The quantitative estimate of drug-likeness (QED) is 0.667. The van der Waals surface area contributed by atoms with Gasteiger partial charge in [-0.2, -0.15) is 0 Å². The van der Waals surface area contributed by atoms with Crippen molar-refractivity contribution in [2.45, 2.75) is 19.9 Å². The van der Waals surface area contributed by atoms with Gasteiger partial charge >= 0.3 is 11.6 Å². The zero-order valence-electron chi connectivity index (χ0n) is 12.7. The second-order valence-electron chi connectivity index (χ2n) is 4.84. The number of anilines is 1. The number of aromatic nitrogens is 2. The molecule has 1 N–H and O–H groups in total. The fraction of sp³-hybridized carbons (Fsp3) is 0.286. The molecular weight excluding hydrogens is 324 g/mol. The van der Waals surface area contributed by atoms with Crippen molar-refractivity contribution in [2.24, 2.45) is 0 Å². The Hall–Kier alpha value is -2.61. The number of ether oxygens (including phenoxy) is 1. The zero-order chi connectivity index (χ0) is 17.1. The molecule has 0 aliphatic carbocycles. The Morgan fingerprint density at radius 3 is 2.78 bits per heavy atom. The van der Waals surface area contributed by atoms with E-state index in [1.165, 1.54) is 11.8 Å². The van der Waals surface area contributed by atoms with Gasteiger partial charge in [0.2, 0.25) is 5.91 Å². The predicted molar refractivity (Wildman–Crippen MR) is 85.0 cm³/mol. The molecule has 0 radical (unpaired) electrons. The van der Waals surface area contributed by atoms with Gasteiger partial charge in [0, 0.05) is 10.7 Å². The summed E-state index contributed by atoms with van der Waals surface area (Å²) in [5.74, 6) is -0.524. The van der Waals surface area contributed by atoms with Crippen molar-refractivity contribution in [3.05, 3.63) is 45.1 Å². The Labute approximate surface area is 137 Å². The van der Waals surface area contributed by atoms with Crippen molar-refractivity contribution in [3.8, 4) is 5.88 Å². The first-order chi connectivity index (χ1) is 10.8. The highest BCUT2D eigenvalue weighted by atomic mass is 35.5. The number of nitro groups is 1. The van der Waals surface area contributed by atoms with Crippen molar-refractivity contribution < 1.29 is 14.5 Å². The molecule has 0 saturated carbocycles. The number of nitrogens with one attached hydrogen (secondary N) is 1. The molecular formula is C14H15ClN4O4. The monoisotopic (exact) mass is 338 g/mol. The second kappa shape index (κ2) is 6.66. The molecule has 1 aromatic heterocycles. The van der Waals surface area contributed by atoms with E-state index < -0.39 is 11.0 Å². The molecule has 1 heterocycles. The average Bonchev–Trinajstić information content (AvgIpc) is 2.95. The molecule has 2 rings (SSSR count). The minimum absolute atomic E-state index is 0.145. The number of hydrogen-bond donors (Lipinski definition) is 1. The van der Waals surface area contributed by atoms with Gasteiger partial charge in [0.15, 0.2) is 0 Å². The van der Waals surface area contributed by atoms with E-state index in [0.29, 0.717) is 10.7 Å². The number of carbonyl (C=O) groups is 1. The highest BCUT2D eigenvalue weighted by Crippen LogP contribution is 2.27. The fourth-order valence-electron chi connectivity index (χ4n) is 1.93. The van der Waals surface area contributed by atoms with E-state index in [-0.39, 0.29) is 17.5 Å². The summed E-state index contributed by atoms with van der Waals surface area (Å²) < 4.78 is 6.03. The van der Waals surface area contributed by atoms with Crippen molar-refractivity contribution >= 4 is 28.9 Å². The van der Waals surface area contributed by atoms with Crippen molar-refractivity contribution in [1.29, 1.82) is 0 Å². The van der Waals surface area contributed by atoms with Crippen LogP contribution in [0.5, 0.6) is 5.88 Å². The predicted octanol–water partition coefficient (Wildman–Crippen LogP) is 2.96. The third kappa shape index (κ3) is 3.42. The molecule has 1 unspecified atom stereocenters. The van der Waals surface area contributed by atoms with Gasteiger partial charge < -0.3 is 10.1 Å². The van der Waals surface area contributed by atoms with Gasteiger partial charge in [-0.3, -0.25) is 14.9 Å². The third-order valence-electron chi connectivity index (χ3n) is 3.37. The molecule has 23 heavy (non-hydrogen) atoms. The number of nitrogens with zero attached hydrogens (tertiary/aromatic N) is 3. The van der Waals surface area contributed by atoms with E-state index in [1.807, 2.05) is 0 Å². The van der Waals surface area contributed by atoms with Crippen LogP contribution in [0, 0.1) is 17.0 Å². The van der Waals surface area contributed by atoms with Crippen molar-refractivity contribution in [3.63, 3.8) is 0 Å². The number of carbonyl (C=O) groups excluding carboxylic acids is 1. The first-order valence-electron chi connectivity index (χ1n) is 6.68. The molecule has 1 aromatic carbocycles. The minimum atomic E-state index is -0.768. The molecule has 9 heteroatoms. The summed E-state index contributed by atoms with van der Waals surface area (Å²) in [7, 11) is 1.28. The third-order valence-corrected chi connectivity index (χ3v) is 3.78. The molecule has 0 fully saturated rings. The van der Waals surface area contributed by atoms with E-state index in [4.69, 9.17) is 16.3 Å². The van der Waals surface area contributed by atoms with E-state index in [9.17, 15) is 14.9 Å². The van der Waals surface area contributed by atoms with Gasteiger partial charge in [-0.25, -0.2) is 4.68 Å². The highest BCUT2D eigenvalue weighted by Gasteiger charge is 2.25. The highest BCUT2D eigenvalue weighted by molar-refractivity contribution is 6.31. The molecule has 8 nitrogen and oxygen atoms in total. The Morgan fingerprint density at radius 2 is 2.22 bits per heavy atom. The zero-order valence-corrected chi connectivity index (χ0v) is 13.5. The standard InChI is InChI=1S/C14H15ClN4O4/c1-8-10(15)5-4-6-11(8)16-13(20)9(2)18-7-12(19(21)22)14(17-18)23-3/h4-7,9H,1-3H3,(H,16,20). The van der Waals surface area contributed by atoms with E-state index in [1.54, 1.807) is 32.0 Å². The minimum Gasteiger partial charge on any atom is -0.475 e. The second-order valence-corrected chi connectivity index (χ2v) is 5.25. The maximum absolute atomic E-state index is 12.3. The first kappa shape index (κ1) is 16.8. The lowest BCUT2D eigenvalue weighted by Gasteiger charge is -2.14. The SMILES string of the molecule is COc1nn(C(C)C(=O)Nc2cccc(Cl)c2C)cc1[N+](=O)[O-]. The molecule has 0 saturated heterocycles. The lowest BCUT2D eigenvalue weighted by Crippen LogP contribution is -2.24. The van der Waals surface area contributed by atoms with Crippen LogP contribution in [-0.4, -0.2) is 27.7 Å². The molecule has 0 bridgehead atoms. The molecule has 122 valence electrons. The Kier molecular flexibility index (Phi) is 4.85. The average molecular weight is 339 g/mol. The summed E-state index contributed by atoms with van der Waals surface area (Å²) in [4.78, 5) is 22.6. The number of methoxy groups -OCH3 is 1. The van der Waals surface area contributed by atoms with Gasteiger partial charge in [0.05, 0.1) is 12.0 Å². The topological polar surface area (TPSA) is 99.3 Å². The van der Waals surface area contributed by atoms with Gasteiger partial charge in [0.25, 0.3) is 0 Å². The maximum atomic E-state index is 12.3. The van der Waals surface area contributed by atoms with Gasteiger partial charge in [-0.05, 0) is 31.5 Å². The van der Waals surface area contributed by atoms with Gasteiger partial charge in [0.1, 0.15) is 12.2 Å². The van der Waals surface area contributed by atoms with Crippen LogP contribution in [0.1, 0.15) is 18.5 Å². The Balaban J connectivity index is 2.23. The van der Waals surface area contributed by atoms with E-state index in [0.717, 1.165) is 11.8 Å². The van der Waals surface area contributed by atoms with E-state index >= 15 is 0 Å². The van der Waals surface area contributed by atoms with Crippen LogP contribution < -0.4 is 10.1 Å². The fourth-order valence-corrected chi connectivity index (χ4v) is 2.11. The van der Waals surface area contributed by atoms with Gasteiger partial charge in [-0.1, -0.05) is 17.7 Å². The first-order valence-corrected chi connectivity index (χ1v) is 7.06. The molecule has 0 aliphatic rings. The van der Waals surface area contributed by atoms with E-state index in [2.05, 4.69) is 10.4 Å². The van der Waals surface area contributed by atoms with Crippen LogP contribution in [0.15, 0.2) is 24.4 Å². The van der Waals surface area contributed by atoms with Crippen molar-refractivity contribution in [1.82, 2.24) is 9.78 Å². The van der Waals surface area contributed by atoms with Gasteiger partial charge in [-0.15, -0.1) is 5.10 Å².